The fourth-order valence-electron chi connectivity index (χ4n) is 3.22. The van der Waals surface area contributed by atoms with Crippen LogP contribution in [0.4, 0.5) is 13.2 Å². The number of alkyl halides is 2. The molecule has 0 radical (unpaired) electrons. The van der Waals surface area contributed by atoms with Gasteiger partial charge < -0.3 is 10.5 Å². The second-order valence-electron chi connectivity index (χ2n) is 5.88. The van der Waals surface area contributed by atoms with Gasteiger partial charge in [-0.1, -0.05) is 0 Å². The van der Waals surface area contributed by atoms with Crippen molar-refractivity contribution in [2.24, 2.45) is 23.5 Å². The van der Waals surface area contributed by atoms with Crippen molar-refractivity contribution in [3.05, 3.63) is 29.6 Å². The molecule has 0 bridgehead atoms. The van der Waals surface area contributed by atoms with E-state index < -0.39 is 29.5 Å². The predicted octanol–water partition coefficient (Wildman–Crippen LogP) is 2.98. The van der Waals surface area contributed by atoms with Gasteiger partial charge in [-0.2, -0.15) is 0 Å². The summed E-state index contributed by atoms with van der Waals surface area (Å²) in [6.07, 6.45) is 1.69. The van der Waals surface area contributed by atoms with E-state index >= 15 is 0 Å². The van der Waals surface area contributed by atoms with Crippen LogP contribution in [0, 0.1) is 23.6 Å². The molecule has 0 saturated heterocycles. The van der Waals surface area contributed by atoms with Crippen LogP contribution in [0.1, 0.15) is 29.6 Å². The van der Waals surface area contributed by atoms with E-state index in [0.29, 0.717) is 19.3 Å². The second-order valence-corrected chi connectivity index (χ2v) is 5.88. The number of benzene rings is 1. The Hall–Kier alpha value is -1.72. The van der Waals surface area contributed by atoms with E-state index in [0.717, 1.165) is 6.07 Å². The topological polar surface area (TPSA) is 52.3 Å². The Kier molecular flexibility index (Phi) is 3.34. The molecule has 0 spiro atoms. The van der Waals surface area contributed by atoms with E-state index in [1.54, 1.807) is 0 Å². The van der Waals surface area contributed by atoms with Gasteiger partial charge in [0.1, 0.15) is 11.6 Å². The highest BCUT2D eigenvalue weighted by Gasteiger charge is 2.68. The lowest BCUT2D eigenvalue weighted by molar-refractivity contribution is 0.0836. The minimum Gasteiger partial charge on any atom is -0.493 e. The van der Waals surface area contributed by atoms with Crippen LogP contribution in [0.15, 0.2) is 18.2 Å². The maximum atomic E-state index is 13.6. The van der Waals surface area contributed by atoms with E-state index in [9.17, 15) is 18.0 Å². The van der Waals surface area contributed by atoms with Gasteiger partial charge in [0.25, 0.3) is 11.8 Å². The number of primary amides is 1. The predicted molar refractivity (Wildman–Crippen MR) is 69.7 cm³/mol. The van der Waals surface area contributed by atoms with Gasteiger partial charge in [0.2, 0.25) is 0 Å². The molecule has 3 atom stereocenters. The van der Waals surface area contributed by atoms with Crippen LogP contribution in [0.5, 0.6) is 5.75 Å². The average molecular weight is 299 g/mol. The van der Waals surface area contributed by atoms with Crippen molar-refractivity contribution in [3.63, 3.8) is 0 Å². The molecular formula is C15H16F3NO2. The first kappa shape index (κ1) is 14.2. The fourth-order valence-corrected chi connectivity index (χ4v) is 3.22. The minimum atomic E-state index is -2.50. The molecule has 1 amide bonds. The molecule has 0 aliphatic heterocycles. The molecule has 114 valence electrons. The molecule has 1 aromatic carbocycles. The number of halogens is 3. The minimum absolute atomic E-state index is 0.0681. The van der Waals surface area contributed by atoms with Gasteiger partial charge in [0.15, 0.2) is 0 Å². The molecule has 2 aliphatic carbocycles. The van der Waals surface area contributed by atoms with Crippen LogP contribution in [-0.4, -0.2) is 18.4 Å². The molecule has 3 rings (SSSR count). The molecule has 2 fully saturated rings. The molecule has 2 N–H and O–H groups in total. The molecular weight excluding hydrogens is 283 g/mol. The first-order valence-electron chi connectivity index (χ1n) is 6.99. The van der Waals surface area contributed by atoms with Gasteiger partial charge in [-0.25, -0.2) is 13.2 Å². The average Bonchev–Trinajstić information content (AvgIpc) is 2.98. The summed E-state index contributed by atoms with van der Waals surface area (Å²) in [5.41, 5.74) is 4.82. The standard InChI is InChI=1S/C15H16F3NO2/c16-13-6-9(2-3-10(13)14(19)20)21-7-8-1-4-11-12(5-8)15(11,17)18/h2-3,6,8,11-12H,1,4-5,7H2,(H2,19,20). The van der Waals surface area contributed by atoms with Crippen molar-refractivity contribution in [1.82, 2.24) is 0 Å². The first-order chi connectivity index (χ1) is 9.89. The molecule has 0 aromatic heterocycles. The zero-order chi connectivity index (χ0) is 15.2. The van der Waals surface area contributed by atoms with Crippen molar-refractivity contribution < 1.29 is 22.7 Å². The summed E-state index contributed by atoms with van der Waals surface area (Å²) in [4.78, 5) is 10.9. The number of rotatable bonds is 4. The first-order valence-corrected chi connectivity index (χ1v) is 6.99. The van der Waals surface area contributed by atoms with E-state index in [2.05, 4.69) is 0 Å². The van der Waals surface area contributed by atoms with E-state index in [-0.39, 0.29) is 23.8 Å². The summed E-state index contributed by atoms with van der Waals surface area (Å²) in [6.45, 7) is 0.286. The second kappa shape index (κ2) is 4.93. The van der Waals surface area contributed by atoms with Crippen molar-refractivity contribution >= 4 is 5.91 Å². The van der Waals surface area contributed by atoms with Crippen LogP contribution in [-0.2, 0) is 0 Å². The van der Waals surface area contributed by atoms with Gasteiger partial charge in [-0.15, -0.1) is 0 Å². The molecule has 21 heavy (non-hydrogen) atoms. The lowest BCUT2D eigenvalue weighted by atomic mass is 9.90. The number of ether oxygens (including phenoxy) is 1. The van der Waals surface area contributed by atoms with Gasteiger partial charge in [0.05, 0.1) is 12.2 Å². The number of hydrogen-bond donors (Lipinski definition) is 1. The third-order valence-corrected chi connectivity index (χ3v) is 4.53. The maximum absolute atomic E-state index is 13.6. The summed E-state index contributed by atoms with van der Waals surface area (Å²) < 4.78 is 45.6. The molecule has 1 aromatic rings. The third-order valence-electron chi connectivity index (χ3n) is 4.53. The van der Waals surface area contributed by atoms with Crippen molar-refractivity contribution in [1.29, 1.82) is 0 Å². The van der Waals surface area contributed by atoms with Crippen molar-refractivity contribution in [3.8, 4) is 5.75 Å². The van der Waals surface area contributed by atoms with Crippen LogP contribution >= 0.6 is 0 Å². The summed E-state index contributed by atoms with van der Waals surface area (Å²) in [6, 6.07) is 3.82. The highest BCUT2D eigenvalue weighted by molar-refractivity contribution is 5.93. The SMILES string of the molecule is NC(=O)c1ccc(OCC2CCC3C(C2)C3(F)F)cc1F. The summed E-state index contributed by atoms with van der Waals surface area (Å²) in [7, 11) is 0. The normalized spacial score (nSPS) is 29.6. The number of nitrogens with two attached hydrogens (primary N) is 1. The van der Waals surface area contributed by atoms with Crippen molar-refractivity contribution in [2.45, 2.75) is 25.2 Å². The van der Waals surface area contributed by atoms with E-state index in [1.807, 2.05) is 0 Å². The Balaban J connectivity index is 1.56. The molecule has 3 unspecified atom stereocenters. The van der Waals surface area contributed by atoms with Crippen LogP contribution < -0.4 is 10.5 Å². The monoisotopic (exact) mass is 299 g/mol. The number of hydrogen-bond acceptors (Lipinski definition) is 2. The Morgan fingerprint density at radius 3 is 2.71 bits per heavy atom. The zero-order valence-electron chi connectivity index (χ0n) is 11.3. The Labute approximate surface area is 120 Å². The Bertz CT molecular complexity index is 576. The maximum Gasteiger partial charge on any atom is 0.254 e. The molecule has 2 aliphatic rings. The lowest BCUT2D eigenvalue weighted by Gasteiger charge is -2.20. The zero-order valence-corrected chi connectivity index (χ0v) is 11.3. The van der Waals surface area contributed by atoms with Gasteiger partial charge >= 0.3 is 0 Å². The molecule has 2 saturated carbocycles. The number of fused-ring (bicyclic) bond motifs is 1. The van der Waals surface area contributed by atoms with Crippen LogP contribution in [0.2, 0.25) is 0 Å². The number of carbonyl (C=O) groups is 1. The highest BCUT2D eigenvalue weighted by atomic mass is 19.3. The smallest absolute Gasteiger partial charge is 0.254 e. The molecule has 6 heteroatoms. The third kappa shape index (κ3) is 2.59. The Morgan fingerprint density at radius 2 is 2.10 bits per heavy atom. The molecule has 0 heterocycles. The highest BCUT2D eigenvalue weighted by Crippen LogP contribution is 2.63. The lowest BCUT2D eigenvalue weighted by Crippen LogP contribution is -2.17. The fraction of sp³-hybridized carbons (Fsp3) is 0.533. The van der Waals surface area contributed by atoms with Gasteiger partial charge in [-0.3, -0.25) is 4.79 Å². The summed E-state index contributed by atoms with van der Waals surface area (Å²) in [5, 5.41) is 0. The van der Waals surface area contributed by atoms with E-state index in [4.69, 9.17) is 10.5 Å². The summed E-state index contributed by atoms with van der Waals surface area (Å²) >= 11 is 0. The van der Waals surface area contributed by atoms with Gasteiger partial charge in [0, 0.05) is 17.9 Å². The number of carbonyl (C=O) groups excluding carboxylic acids is 1. The van der Waals surface area contributed by atoms with E-state index in [1.165, 1.54) is 12.1 Å². The molecule has 3 nitrogen and oxygen atoms in total. The van der Waals surface area contributed by atoms with Crippen LogP contribution in [0.25, 0.3) is 0 Å². The Morgan fingerprint density at radius 1 is 1.33 bits per heavy atom. The quantitative estimate of drug-likeness (QED) is 0.929. The largest absolute Gasteiger partial charge is 0.493 e. The van der Waals surface area contributed by atoms with Gasteiger partial charge in [-0.05, 0) is 37.3 Å². The number of amides is 1. The van der Waals surface area contributed by atoms with Crippen LogP contribution in [0.3, 0.4) is 0 Å². The summed E-state index contributed by atoms with van der Waals surface area (Å²) in [5.74, 6) is -4.68. The van der Waals surface area contributed by atoms with Crippen molar-refractivity contribution in [2.75, 3.05) is 6.61 Å².